The Morgan fingerprint density at radius 2 is 2.00 bits per heavy atom. The van der Waals surface area contributed by atoms with Crippen LogP contribution in [-0.4, -0.2) is 16.1 Å². The van der Waals surface area contributed by atoms with Crippen LogP contribution in [0, 0.1) is 0 Å². The van der Waals surface area contributed by atoms with Crippen LogP contribution in [0.5, 0.6) is 0 Å². The molecule has 0 amide bonds. The van der Waals surface area contributed by atoms with Gasteiger partial charge in [-0.05, 0) is 24.1 Å². The summed E-state index contributed by atoms with van der Waals surface area (Å²) in [5, 5.41) is 0. The topological polar surface area (TPSA) is 43.8 Å². The normalized spacial score (nSPS) is 10.7. The second kappa shape index (κ2) is 5.64. The van der Waals surface area contributed by atoms with Gasteiger partial charge in [-0.1, -0.05) is 31.2 Å². The molecule has 17 heavy (non-hydrogen) atoms. The van der Waals surface area contributed by atoms with Crippen molar-refractivity contribution in [3.05, 3.63) is 53.6 Å². The minimum atomic E-state index is 0.668. The summed E-state index contributed by atoms with van der Waals surface area (Å²) in [6, 6.07) is 8.56. The third-order valence-electron chi connectivity index (χ3n) is 3.04. The summed E-state index contributed by atoms with van der Waals surface area (Å²) in [5.41, 5.74) is 9.57. The average Bonchev–Trinajstić information content (AvgIpc) is 2.78. The van der Waals surface area contributed by atoms with Gasteiger partial charge < -0.3 is 10.3 Å². The molecule has 1 aromatic heterocycles. The molecule has 0 unspecified atom stereocenters. The van der Waals surface area contributed by atoms with Gasteiger partial charge in [0.15, 0.2) is 0 Å². The van der Waals surface area contributed by atoms with Crippen LogP contribution in [0.25, 0.3) is 0 Å². The quantitative estimate of drug-likeness (QED) is 0.852. The minimum Gasteiger partial charge on any atom is -0.330 e. The zero-order valence-electron chi connectivity index (χ0n) is 10.3. The molecule has 2 N–H and O–H groups in total. The Labute approximate surface area is 102 Å². The predicted molar refractivity (Wildman–Crippen MR) is 69.9 cm³/mol. The average molecular weight is 229 g/mol. The zero-order chi connectivity index (χ0) is 12.1. The highest BCUT2D eigenvalue weighted by Crippen LogP contribution is 2.12. The maximum absolute atomic E-state index is 5.60. The van der Waals surface area contributed by atoms with Crippen molar-refractivity contribution in [3.8, 4) is 0 Å². The molecule has 0 spiro atoms. The Morgan fingerprint density at radius 1 is 1.24 bits per heavy atom. The Bertz CT molecular complexity index is 474. The summed E-state index contributed by atoms with van der Waals surface area (Å²) < 4.78 is 2.18. The van der Waals surface area contributed by atoms with E-state index in [1.165, 1.54) is 16.8 Å². The summed E-state index contributed by atoms with van der Waals surface area (Å²) in [6.45, 7) is 3.74. The molecule has 2 rings (SSSR count). The fraction of sp³-hybridized carbons (Fsp3) is 0.357. The molecule has 1 heterocycles. The minimum absolute atomic E-state index is 0.668. The first-order valence-corrected chi connectivity index (χ1v) is 6.11. The molecule has 1 aromatic carbocycles. The van der Waals surface area contributed by atoms with Crippen molar-refractivity contribution in [1.29, 1.82) is 0 Å². The van der Waals surface area contributed by atoms with Gasteiger partial charge >= 0.3 is 0 Å². The largest absolute Gasteiger partial charge is 0.330 e. The first-order chi connectivity index (χ1) is 8.35. The third-order valence-corrected chi connectivity index (χ3v) is 3.04. The molecular formula is C14H19N3. The van der Waals surface area contributed by atoms with Crippen molar-refractivity contribution < 1.29 is 0 Å². The van der Waals surface area contributed by atoms with Crippen molar-refractivity contribution in [2.45, 2.75) is 26.3 Å². The summed E-state index contributed by atoms with van der Waals surface area (Å²) in [4.78, 5) is 4.20. The van der Waals surface area contributed by atoms with Gasteiger partial charge in [0, 0.05) is 24.9 Å². The monoisotopic (exact) mass is 229 g/mol. The smallest absolute Gasteiger partial charge is 0.0951 e. The second-order valence-electron chi connectivity index (χ2n) is 4.17. The fourth-order valence-electron chi connectivity index (χ4n) is 2.09. The van der Waals surface area contributed by atoms with Crippen LogP contribution in [0.15, 0.2) is 36.8 Å². The predicted octanol–water partition coefficient (Wildman–Crippen LogP) is 1.99. The number of aryl methyl sites for hydroxylation is 1. The van der Waals surface area contributed by atoms with Crippen LogP contribution >= 0.6 is 0 Å². The summed E-state index contributed by atoms with van der Waals surface area (Å²) in [5.74, 6) is 0. The standard InChI is InChI=1S/C14H19N3/c1-2-12-5-3-4-6-13(12)10-17-11-16-9-14(17)7-8-15/h3-6,9,11H,2,7-8,10,15H2,1H3. The number of imidazole rings is 1. The number of benzene rings is 1. The van der Waals surface area contributed by atoms with Crippen LogP contribution in [0.2, 0.25) is 0 Å². The van der Waals surface area contributed by atoms with Crippen LogP contribution in [0.1, 0.15) is 23.7 Å². The SMILES string of the molecule is CCc1ccccc1Cn1cncc1CCN. The van der Waals surface area contributed by atoms with Gasteiger partial charge in [0.1, 0.15) is 0 Å². The molecule has 3 heteroatoms. The highest BCUT2D eigenvalue weighted by atomic mass is 15.0. The van der Waals surface area contributed by atoms with Crippen LogP contribution < -0.4 is 5.73 Å². The highest BCUT2D eigenvalue weighted by Gasteiger charge is 2.04. The Hall–Kier alpha value is -1.61. The van der Waals surface area contributed by atoms with E-state index in [1.54, 1.807) is 0 Å². The lowest BCUT2D eigenvalue weighted by Crippen LogP contribution is -2.10. The first kappa shape index (κ1) is 11.9. The third kappa shape index (κ3) is 2.74. The molecule has 0 atom stereocenters. The second-order valence-corrected chi connectivity index (χ2v) is 4.17. The Kier molecular flexibility index (Phi) is 3.94. The number of aromatic nitrogens is 2. The summed E-state index contributed by atoms with van der Waals surface area (Å²) in [7, 11) is 0. The van der Waals surface area contributed by atoms with Gasteiger partial charge in [-0.2, -0.15) is 0 Å². The van der Waals surface area contributed by atoms with Gasteiger partial charge in [0.05, 0.1) is 6.33 Å². The van der Waals surface area contributed by atoms with Gasteiger partial charge in [0.2, 0.25) is 0 Å². The van der Waals surface area contributed by atoms with E-state index in [2.05, 4.69) is 40.7 Å². The molecule has 2 aromatic rings. The molecule has 0 radical (unpaired) electrons. The summed E-state index contributed by atoms with van der Waals surface area (Å²) >= 11 is 0. The van der Waals surface area contributed by atoms with E-state index in [4.69, 9.17) is 5.73 Å². The lowest BCUT2D eigenvalue weighted by atomic mass is 10.1. The van der Waals surface area contributed by atoms with E-state index in [9.17, 15) is 0 Å². The number of nitrogens with two attached hydrogens (primary N) is 1. The van der Waals surface area contributed by atoms with Crippen molar-refractivity contribution in [1.82, 2.24) is 9.55 Å². The van der Waals surface area contributed by atoms with Gasteiger partial charge in [-0.3, -0.25) is 0 Å². The highest BCUT2D eigenvalue weighted by molar-refractivity contribution is 5.27. The summed E-state index contributed by atoms with van der Waals surface area (Å²) in [6.07, 6.45) is 5.74. The van der Waals surface area contributed by atoms with Crippen molar-refractivity contribution in [2.24, 2.45) is 5.73 Å². The van der Waals surface area contributed by atoms with Gasteiger partial charge in [-0.25, -0.2) is 4.98 Å². The lowest BCUT2D eigenvalue weighted by molar-refractivity contribution is 0.727. The van der Waals surface area contributed by atoms with E-state index in [1.807, 2.05) is 12.5 Å². The lowest BCUT2D eigenvalue weighted by Gasteiger charge is -2.11. The maximum atomic E-state index is 5.60. The van der Waals surface area contributed by atoms with Crippen LogP contribution in [-0.2, 0) is 19.4 Å². The fourth-order valence-corrected chi connectivity index (χ4v) is 2.09. The molecule has 90 valence electrons. The molecule has 0 aliphatic heterocycles. The molecule has 0 saturated heterocycles. The van der Waals surface area contributed by atoms with Gasteiger partial charge in [0.25, 0.3) is 0 Å². The molecule has 0 fully saturated rings. The van der Waals surface area contributed by atoms with Gasteiger partial charge in [-0.15, -0.1) is 0 Å². The van der Waals surface area contributed by atoms with Crippen LogP contribution in [0.4, 0.5) is 0 Å². The van der Waals surface area contributed by atoms with Crippen molar-refractivity contribution in [3.63, 3.8) is 0 Å². The Morgan fingerprint density at radius 3 is 2.71 bits per heavy atom. The van der Waals surface area contributed by atoms with E-state index in [0.717, 1.165) is 19.4 Å². The van der Waals surface area contributed by atoms with Crippen LogP contribution in [0.3, 0.4) is 0 Å². The molecular weight excluding hydrogens is 210 g/mol. The van der Waals surface area contributed by atoms with E-state index in [-0.39, 0.29) is 0 Å². The maximum Gasteiger partial charge on any atom is 0.0951 e. The molecule has 0 saturated carbocycles. The molecule has 0 aliphatic carbocycles. The number of rotatable bonds is 5. The zero-order valence-corrected chi connectivity index (χ0v) is 10.3. The first-order valence-electron chi connectivity index (χ1n) is 6.11. The molecule has 3 nitrogen and oxygen atoms in total. The molecule has 0 bridgehead atoms. The number of hydrogen-bond donors (Lipinski definition) is 1. The number of hydrogen-bond acceptors (Lipinski definition) is 2. The van der Waals surface area contributed by atoms with E-state index >= 15 is 0 Å². The van der Waals surface area contributed by atoms with E-state index < -0.39 is 0 Å². The van der Waals surface area contributed by atoms with Crippen molar-refractivity contribution >= 4 is 0 Å². The van der Waals surface area contributed by atoms with E-state index in [0.29, 0.717) is 6.54 Å². The Balaban J connectivity index is 2.22. The molecule has 0 aliphatic rings. The van der Waals surface area contributed by atoms with Crippen molar-refractivity contribution in [2.75, 3.05) is 6.54 Å². The number of nitrogens with zero attached hydrogens (tertiary/aromatic N) is 2.